The molecule has 0 unspecified atom stereocenters. The average Bonchev–Trinajstić information content (AvgIpc) is 3.06. The van der Waals surface area contributed by atoms with Gasteiger partial charge in [0.1, 0.15) is 5.82 Å². The lowest BCUT2D eigenvalue weighted by atomic mass is 9.92. The zero-order valence-corrected chi connectivity index (χ0v) is 17.1. The summed E-state index contributed by atoms with van der Waals surface area (Å²) < 4.78 is 1.90. The third-order valence-corrected chi connectivity index (χ3v) is 4.89. The molecule has 0 radical (unpaired) electrons. The zero-order valence-electron chi connectivity index (χ0n) is 17.1. The van der Waals surface area contributed by atoms with E-state index in [1.165, 1.54) is 11.1 Å². The molecule has 0 aliphatic heterocycles. The van der Waals surface area contributed by atoms with Crippen molar-refractivity contribution in [1.29, 1.82) is 0 Å². The fourth-order valence-corrected chi connectivity index (χ4v) is 3.24. The second kappa shape index (κ2) is 6.79. The summed E-state index contributed by atoms with van der Waals surface area (Å²) in [7, 11) is 0. The molecule has 0 atom stereocenters. The Morgan fingerprint density at radius 1 is 0.893 bits per heavy atom. The van der Waals surface area contributed by atoms with E-state index in [4.69, 9.17) is 4.98 Å². The van der Waals surface area contributed by atoms with Crippen molar-refractivity contribution < 1.29 is 0 Å². The number of anilines is 2. The first kappa shape index (κ1) is 18.2. The minimum atomic E-state index is -0.0698. The Balaban J connectivity index is 1.90. The summed E-state index contributed by atoms with van der Waals surface area (Å²) in [5, 5.41) is 8.19. The molecule has 0 spiro atoms. The van der Waals surface area contributed by atoms with Crippen molar-refractivity contribution in [1.82, 2.24) is 14.6 Å². The van der Waals surface area contributed by atoms with Crippen LogP contribution in [0.3, 0.4) is 0 Å². The van der Waals surface area contributed by atoms with Gasteiger partial charge in [-0.1, -0.05) is 62.7 Å². The van der Waals surface area contributed by atoms with Gasteiger partial charge < -0.3 is 5.32 Å². The molecule has 142 valence electrons. The maximum atomic E-state index is 4.99. The van der Waals surface area contributed by atoms with Gasteiger partial charge in [-0.3, -0.25) is 0 Å². The second-order valence-corrected chi connectivity index (χ2v) is 8.43. The number of aryl methyl sites for hydroxylation is 2. The largest absolute Gasteiger partial charge is 0.340 e. The number of rotatable bonds is 3. The lowest BCUT2D eigenvalue weighted by Gasteiger charge is -2.20. The Hall–Kier alpha value is -3.14. The van der Waals surface area contributed by atoms with Crippen molar-refractivity contribution in [2.24, 2.45) is 0 Å². The molecule has 28 heavy (non-hydrogen) atoms. The molecule has 0 fully saturated rings. The Morgan fingerprint density at radius 2 is 1.64 bits per heavy atom. The Labute approximate surface area is 166 Å². The second-order valence-electron chi connectivity index (χ2n) is 8.43. The predicted octanol–water partition coefficient (Wildman–Crippen LogP) is 6.05. The highest BCUT2D eigenvalue weighted by molar-refractivity contribution is 5.79. The van der Waals surface area contributed by atoms with Gasteiger partial charge in [-0.15, -0.1) is 0 Å². The van der Waals surface area contributed by atoms with Crippen molar-refractivity contribution >= 4 is 17.2 Å². The number of aromatic nitrogens is 3. The van der Waals surface area contributed by atoms with Crippen LogP contribution in [0.15, 0.2) is 60.8 Å². The van der Waals surface area contributed by atoms with E-state index in [2.05, 4.69) is 99.6 Å². The summed E-state index contributed by atoms with van der Waals surface area (Å²) in [5.74, 6) is 0.916. The number of hydrogen-bond donors (Lipinski definition) is 1. The summed E-state index contributed by atoms with van der Waals surface area (Å²) in [6.45, 7) is 10.7. The lowest BCUT2D eigenvalue weighted by Crippen LogP contribution is -2.16. The van der Waals surface area contributed by atoms with Gasteiger partial charge in [0.15, 0.2) is 5.65 Å². The zero-order chi connectivity index (χ0) is 19.9. The first-order chi connectivity index (χ1) is 13.3. The maximum absolute atomic E-state index is 4.99. The van der Waals surface area contributed by atoms with Crippen LogP contribution in [0.4, 0.5) is 11.5 Å². The third-order valence-electron chi connectivity index (χ3n) is 4.89. The molecule has 4 rings (SSSR count). The van der Waals surface area contributed by atoms with E-state index in [0.717, 1.165) is 34.0 Å². The minimum absolute atomic E-state index is 0.0698. The average molecular weight is 371 g/mol. The number of fused-ring (bicyclic) bond motifs is 1. The Morgan fingerprint density at radius 3 is 2.32 bits per heavy atom. The van der Waals surface area contributed by atoms with Gasteiger partial charge >= 0.3 is 0 Å². The number of nitrogens with one attached hydrogen (secondary N) is 1. The van der Waals surface area contributed by atoms with E-state index in [9.17, 15) is 0 Å². The minimum Gasteiger partial charge on any atom is -0.340 e. The van der Waals surface area contributed by atoms with Gasteiger partial charge in [-0.2, -0.15) is 9.61 Å². The summed E-state index contributed by atoms with van der Waals surface area (Å²) in [6.07, 6.45) is 1.90. The van der Waals surface area contributed by atoms with Gasteiger partial charge in [0.25, 0.3) is 0 Å². The van der Waals surface area contributed by atoms with E-state index in [-0.39, 0.29) is 5.41 Å². The highest BCUT2D eigenvalue weighted by Crippen LogP contribution is 2.31. The van der Waals surface area contributed by atoms with Crippen molar-refractivity contribution in [2.75, 3.05) is 5.32 Å². The SMILES string of the molecule is Cc1ccc(-c2cnn3c(Nc4cccc(C)c4)cc(C(C)(C)C)nc23)cc1. The van der Waals surface area contributed by atoms with Crippen LogP contribution in [0.2, 0.25) is 0 Å². The number of nitrogens with zero attached hydrogens (tertiary/aromatic N) is 3. The van der Waals surface area contributed by atoms with E-state index in [0.29, 0.717) is 0 Å². The van der Waals surface area contributed by atoms with Crippen molar-refractivity contribution in [3.8, 4) is 11.1 Å². The topological polar surface area (TPSA) is 42.2 Å². The first-order valence-corrected chi connectivity index (χ1v) is 9.61. The molecule has 2 aromatic carbocycles. The van der Waals surface area contributed by atoms with E-state index < -0.39 is 0 Å². The van der Waals surface area contributed by atoms with Crippen LogP contribution in [0.1, 0.15) is 37.6 Å². The molecule has 0 aliphatic rings. The fraction of sp³-hybridized carbons (Fsp3) is 0.250. The number of benzene rings is 2. The van der Waals surface area contributed by atoms with Gasteiger partial charge in [-0.05, 0) is 37.1 Å². The third kappa shape index (κ3) is 3.50. The van der Waals surface area contributed by atoms with Crippen LogP contribution in [-0.4, -0.2) is 14.6 Å². The highest BCUT2D eigenvalue weighted by atomic mass is 15.3. The van der Waals surface area contributed by atoms with Crippen LogP contribution < -0.4 is 5.32 Å². The predicted molar refractivity (Wildman–Crippen MR) is 116 cm³/mol. The quantitative estimate of drug-likeness (QED) is 0.477. The maximum Gasteiger partial charge on any atom is 0.165 e. The summed E-state index contributed by atoms with van der Waals surface area (Å²) in [6, 6.07) is 19.0. The fourth-order valence-electron chi connectivity index (χ4n) is 3.24. The summed E-state index contributed by atoms with van der Waals surface area (Å²) in [5.41, 5.74) is 7.49. The van der Waals surface area contributed by atoms with E-state index in [1.807, 2.05) is 10.7 Å². The molecular weight excluding hydrogens is 344 g/mol. The smallest absolute Gasteiger partial charge is 0.165 e. The molecule has 4 nitrogen and oxygen atoms in total. The molecule has 0 saturated heterocycles. The van der Waals surface area contributed by atoms with Crippen molar-refractivity contribution in [3.05, 3.63) is 77.6 Å². The van der Waals surface area contributed by atoms with Crippen molar-refractivity contribution in [3.63, 3.8) is 0 Å². The summed E-state index contributed by atoms with van der Waals surface area (Å²) in [4.78, 5) is 4.99. The molecule has 0 aliphatic carbocycles. The molecule has 2 heterocycles. The monoisotopic (exact) mass is 370 g/mol. The van der Waals surface area contributed by atoms with E-state index >= 15 is 0 Å². The summed E-state index contributed by atoms with van der Waals surface area (Å²) >= 11 is 0. The molecule has 0 amide bonds. The van der Waals surface area contributed by atoms with Crippen LogP contribution in [0.25, 0.3) is 16.8 Å². The highest BCUT2D eigenvalue weighted by Gasteiger charge is 2.20. The molecule has 4 aromatic rings. The molecule has 4 heteroatoms. The van der Waals surface area contributed by atoms with Crippen LogP contribution >= 0.6 is 0 Å². The standard InChI is InChI=1S/C24H26N4/c1-16-9-11-18(12-10-16)20-15-25-28-22(26-19-8-6-7-17(2)13-19)14-21(24(3,4)5)27-23(20)28/h6-15,26H,1-5H3. The molecule has 0 bridgehead atoms. The molecular formula is C24H26N4. The van der Waals surface area contributed by atoms with Crippen LogP contribution in [0.5, 0.6) is 0 Å². The van der Waals surface area contributed by atoms with E-state index in [1.54, 1.807) is 0 Å². The molecule has 1 N–H and O–H groups in total. The van der Waals surface area contributed by atoms with Crippen molar-refractivity contribution in [2.45, 2.75) is 40.0 Å². The van der Waals surface area contributed by atoms with Gasteiger partial charge in [0.2, 0.25) is 0 Å². The Kier molecular flexibility index (Phi) is 4.42. The normalized spacial score (nSPS) is 11.8. The molecule has 2 aromatic heterocycles. The Bertz CT molecular complexity index is 1130. The van der Waals surface area contributed by atoms with Crippen LogP contribution in [0, 0.1) is 13.8 Å². The van der Waals surface area contributed by atoms with Gasteiger partial charge in [0.05, 0.1) is 11.9 Å². The lowest BCUT2D eigenvalue weighted by molar-refractivity contribution is 0.569. The first-order valence-electron chi connectivity index (χ1n) is 9.61. The molecule has 0 saturated carbocycles. The van der Waals surface area contributed by atoms with Gasteiger partial charge in [-0.25, -0.2) is 4.98 Å². The van der Waals surface area contributed by atoms with Gasteiger partial charge in [0, 0.05) is 22.7 Å². The number of hydrogen-bond acceptors (Lipinski definition) is 3. The van der Waals surface area contributed by atoms with Crippen LogP contribution in [-0.2, 0) is 5.41 Å².